The Morgan fingerprint density at radius 1 is 1.79 bits per heavy atom. The quantitative estimate of drug-likeness (QED) is 0.615. The Bertz CT molecular complexity index is 367. The van der Waals surface area contributed by atoms with Gasteiger partial charge in [0.15, 0.2) is 0 Å². The average Bonchev–Trinajstić information content (AvgIpc) is 2.15. The molecule has 1 aromatic rings. The van der Waals surface area contributed by atoms with Crippen molar-refractivity contribution in [1.82, 2.24) is 4.98 Å². The Hall–Kier alpha value is -1.62. The van der Waals surface area contributed by atoms with E-state index >= 15 is 0 Å². The molecule has 0 bridgehead atoms. The first-order valence-electron chi connectivity index (χ1n) is 3.78. The molecule has 0 aliphatic rings. The Labute approximate surface area is 85.6 Å². The van der Waals surface area contributed by atoms with E-state index in [0.29, 0.717) is 10.7 Å². The SMILES string of the molecule is C=C(Cl)CNc1cccnc1[N+](=O)[O-]. The highest BCUT2D eigenvalue weighted by Gasteiger charge is 2.12. The molecule has 0 saturated heterocycles. The fourth-order valence-electron chi connectivity index (χ4n) is 0.872. The van der Waals surface area contributed by atoms with Crippen LogP contribution in [-0.2, 0) is 0 Å². The average molecular weight is 214 g/mol. The largest absolute Gasteiger partial charge is 0.386 e. The summed E-state index contributed by atoms with van der Waals surface area (Å²) in [4.78, 5) is 13.6. The Balaban J connectivity index is 2.84. The number of halogens is 1. The molecule has 0 aliphatic carbocycles. The van der Waals surface area contributed by atoms with Crippen molar-refractivity contribution in [3.8, 4) is 0 Å². The number of anilines is 1. The molecule has 1 rings (SSSR count). The van der Waals surface area contributed by atoms with Crippen molar-refractivity contribution in [3.05, 3.63) is 40.1 Å². The lowest BCUT2D eigenvalue weighted by Gasteiger charge is -2.04. The number of hydrogen-bond donors (Lipinski definition) is 1. The van der Waals surface area contributed by atoms with E-state index in [1.807, 2.05) is 0 Å². The number of nitrogens with one attached hydrogen (secondary N) is 1. The zero-order chi connectivity index (χ0) is 10.6. The molecule has 14 heavy (non-hydrogen) atoms. The van der Waals surface area contributed by atoms with Gasteiger partial charge in [-0.05, 0) is 22.0 Å². The number of hydrogen-bond acceptors (Lipinski definition) is 4. The van der Waals surface area contributed by atoms with E-state index in [0.717, 1.165) is 0 Å². The van der Waals surface area contributed by atoms with Crippen molar-refractivity contribution in [2.24, 2.45) is 0 Å². The van der Waals surface area contributed by atoms with Crippen molar-refractivity contribution in [2.45, 2.75) is 0 Å². The fraction of sp³-hybridized carbons (Fsp3) is 0.125. The van der Waals surface area contributed by atoms with Gasteiger partial charge in [-0.2, -0.15) is 0 Å². The number of rotatable bonds is 4. The summed E-state index contributed by atoms with van der Waals surface area (Å²) in [5.74, 6) is -0.217. The second kappa shape index (κ2) is 4.57. The lowest BCUT2D eigenvalue weighted by atomic mass is 10.4. The minimum Gasteiger partial charge on any atom is -0.373 e. The maximum Gasteiger partial charge on any atom is 0.386 e. The van der Waals surface area contributed by atoms with E-state index in [2.05, 4.69) is 16.9 Å². The Morgan fingerprint density at radius 2 is 2.50 bits per heavy atom. The maximum absolute atomic E-state index is 10.5. The van der Waals surface area contributed by atoms with Gasteiger partial charge in [-0.1, -0.05) is 18.2 Å². The van der Waals surface area contributed by atoms with E-state index < -0.39 is 4.92 Å². The number of nitrogens with zero attached hydrogens (tertiary/aromatic N) is 2. The number of pyridine rings is 1. The summed E-state index contributed by atoms with van der Waals surface area (Å²) in [6, 6.07) is 3.16. The standard InChI is InChI=1S/C8H8ClN3O2/c1-6(9)5-11-7-3-2-4-10-8(7)12(13)14/h2-4,11H,1,5H2. The maximum atomic E-state index is 10.5. The van der Waals surface area contributed by atoms with Crippen molar-refractivity contribution in [3.63, 3.8) is 0 Å². The van der Waals surface area contributed by atoms with Crippen LogP contribution in [0.15, 0.2) is 29.9 Å². The van der Waals surface area contributed by atoms with Gasteiger partial charge in [0.05, 0.1) is 6.54 Å². The van der Waals surface area contributed by atoms with Crippen LogP contribution in [0.25, 0.3) is 0 Å². The molecule has 0 unspecified atom stereocenters. The second-order valence-corrected chi connectivity index (χ2v) is 3.04. The molecule has 0 spiro atoms. The monoisotopic (exact) mass is 213 g/mol. The summed E-state index contributed by atoms with van der Waals surface area (Å²) in [7, 11) is 0. The van der Waals surface area contributed by atoms with E-state index in [1.165, 1.54) is 6.20 Å². The van der Waals surface area contributed by atoms with Crippen LogP contribution in [0.1, 0.15) is 0 Å². The predicted octanol–water partition coefficient (Wildman–Crippen LogP) is 2.15. The third kappa shape index (κ3) is 2.70. The van der Waals surface area contributed by atoms with Gasteiger partial charge < -0.3 is 15.4 Å². The first kappa shape index (κ1) is 10.5. The number of nitro groups is 1. The Morgan fingerprint density at radius 3 is 3.07 bits per heavy atom. The molecule has 0 aliphatic heterocycles. The highest BCUT2D eigenvalue weighted by atomic mass is 35.5. The summed E-state index contributed by atoms with van der Waals surface area (Å²) < 4.78 is 0. The lowest BCUT2D eigenvalue weighted by molar-refractivity contribution is -0.388. The van der Waals surface area contributed by atoms with Crippen molar-refractivity contribution in [2.75, 3.05) is 11.9 Å². The minimum atomic E-state index is -0.556. The van der Waals surface area contributed by atoms with Gasteiger partial charge in [0.2, 0.25) is 0 Å². The van der Waals surface area contributed by atoms with Crippen molar-refractivity contribution in [1.29, 1.82) is 0 Å². The number of aromatic nitrogens is 1. The highest BCUT2D eigenvalue weighted by Crippen LogP contribution is 2.20. The van der Waals surface area contributed by atoms with Gasteiger partial charge in [-0.25, -0.2) is 0 Å². The molecule has 0 amide bonds. The summed E-state index contributed by atoms with van der Waals surface area (Å²) >= 11 is 5.51. The molecule has 0 fully saturated rings. The third-order valence-corrected chi connectivity index (χ3v) is 1.56. The highest BCUT2D eigenvalue weighted by molar-refractivity contribution is 6.29. The van der Waals surface area contributed by atoms with E-state index in [1.54, 1.807) is 12.1 Å². The Kier molecular flexibility index (Phi) is 3.41. The van der Waals surface area contributed by atoms with Gasteiger partial charge in [0.1, 0.15) is 11.9 Å². The molecule has 1 N–H and O–H groups in total. The van der Waals surface area contributed by atoms with E-state index in [-0.39, 0.29) is 12.4 Å². The van der Waals surface area contributed by atoms with Gasteiger partial charge in [0.25, 0.3) is 0 Å². The molecule has 0 saturated carbocycles. The summed E-state index contributed by atoms with van der Waals surface area (Å²) in [6.45, 7) is 3.73. The van der Waals surface area contributed by atoms with Crippen LogP contribution in [0, 0.1) is 10.1 Å². The molecule has 6 heteroatoms. The van der Waals surface area contributed by atoms with Crippen LogP contribution in [0.4, 0.5) is 11.5 Å². The second-order valence-electron chi connectivity index (χ2n) is 2.50. The van der Waals surface area contributed by atoms with E-state index in [4.69, 9.17) is 11.6 Å². The first-order chi connectivity index (χ1) is 6.61. The molecule has 74 valence electrons. The van der Waals surface area contributed by atoms with Gasteiger partial charge in [-0.15, -0.1) is 0 Å². The van der Waals surface area contributed by atoms with Crippen LogP contribution in [0.2, 0.25) is 0 Å². The molecule has 1 heterocycles. The first-order valence-corrected chi connectivity index (χ1v) is 4.15. The van der Waals surface area contributed by atoms with Crippen LogP contribution >= 0.6 is 11.6 Å². The summed E-state index contributed by atoms with van der Waals surface area (Å²) in [5, 5.41) is 13.7. The normalized spacial score (nSPS) is 9.50. The molecule has 0 aromatic carbocycles. The van der Waals surface area contributed by atoms with Crippen molar-refractivity contribution < 1.29 is 4.92 Å². The van der Waals surface area contributed by atoms with Crippen LogP contribution in [-0.4, -0.2) is 16.5 Å². The van der Waals surface area contributed by atoms with Crippen molar-refractivity contribution >= 4 is 23.1 Å². The zero-order valence-corrected chi connectivity index (χ0v) is 7.99. The van der Waals surface area contributed by atoms with Crippen LogP contribution in [0.3, 0.4) is 0 Å². The predicted molar refractivity (Wildman–Crippen MR) is 54.4 cm³/mol. The molecule has 5 nitrogen and oxygen atoms in total. The fourth-order valence-corrected chi connectivity index (χ4v) is 0.938. The van der Waals surface area contributed by atoms with E-state index in [9.17, 15) is 10.1 Å². The summed E-state index contributed by atoms with van der Waals surface area (Å²) in [5.41, 5.74) is 0.333. The van der Waals surface area contributed by atoms with Gasteiger partial charge in [0, 0.05) is 5.03 Å². The lowest BCUT2D eigenvalue weighted by Crippen LogP contribution is -2.04. The molecule has 0 atom stereocenters. The molecular weight excluding hydrogens is 206 g/mol. The van der Waals surface area contributed by atoms with Gasteiger partial charge in [-0.3, -0.25) is 0 Å². The zero-order valence-electron chi connectivity index (χ0n) is 7.24. The minimum absolute atomic E-state index is 0.217. The summed E-state index contributed by atoms with van der Waals surface area (Å²) in [6.07, 6.45) is 1.36. The van der Waals surface area contributed by atoms with Gasteiger partial charge >= 0.3 is 5.82 Å². The molecule has 0 radical (unpaired) electrons. The van der Waals surface area contributed by atoms with Crippen LogP contribution < -0.4 is 5.32 Å². The molecular formula is C8H8ClN3O2. The smallest absolute Gasteiger partial charge is 0.373 e. The van der Waals surface area contributed by atoms with Crippen LogP contribution in [0.5, 0.6) is 0 Å². The third-order valence-electron chi connectivity index (χ3n) is 1.43. The molecule has 1 aromatic heterocycles. The topological polar surface area (TPSA) is 68.1 Å².